The van der Waals surface area contributed by atoms with Gasteiger partial charge in [-0.05, 0) is 36.9 Å². The van der Waals surface area contributed by atoms with E-state index in [-0.39, 0.29) is 17.2 Å². The molecule has 0 fully saturated rings. The van der Waals surface area contributed by atoms with Gasteiger partial charge in [-0.25, -0.2) is 4.98 Å². The molecular formula is C21H23ClN4O2. The maximum atomic E-state index is 12.7. The van der Waals surface area contributed by atoms with Crippen LogP contribution in [0.15, 0.2) is 59.7 Å². The number of benzene rings is 1. The van der Waals surface area contributed by atoms with Gasteiger partial charge in [0.1, 0.15) is 11.2 Å². The lowest BCUT2D eigenvalue weighted by Gasteiger charge is -2.30. The van der Waals surface area contributed by atoms with Crippen LogP contribution in [0.1, 0.15) is 35.8 Å². The van der Waals surface area contributed by atoms with Gasteiger partial charge in [0, 0.05) is 24.0 Å². The molecule has 1 amide bonds. The van der Waals surface area contributed by atoms with Crippen molar-refractivity contribution in [3.8, 4) is 0 Å². The van der Waals surface area contributed by atoms with Crippen LogP contribution < -0.4 is 10.9 Å². The Kier molecular flexibility index (Phi) is 6.44. The van der Waals surface area contributed by atoms with Crippen LogP contribution in [-0.4, -0.2) is 39.8 Å². The minimum atomic E-state index is -0.444. The lowest BCUT2D eigenvalue weighted by Crippen LogP contribution is -2.40. The first-order chi connectivity index (χ1) is 13.6. The van der Waals surface area contributed by atoms with E-state index in [0.29, 0.717) is 17.2 Å². The number of rotatable bonds is 7. The molecular weight excluding hydrogens is 376 g/mol. The smallest absolute Gasteiger partial charge is 0.270 e. The number of fused-ring (bicyclic) bond motifs is 1. The number of nitrogens with one attached hydrogen (secondary N) is 1. The van der Waals surface area contributed by atoms with Gasteiger partial charge in [0.15, 0.2) is 0 Å². The predicted octanol–water partition coefficient (Wildman–Crippen LogP) is 3.16. The molecule has 3 rings (SSSR count). The van der Waals surface area contributed by atoms with Gasteiger partial charge in [-0.3, -0.25) is 18.9 Å². The van der Waals surface area contributed by atoms with Crippen LogP contribution in [0.4, 0.5) is 0 Å². The summed E-state index contributed by atoms with van der Waals surface area (Å²) >= 11 is 6.40. The third kappa shape index (κ3) is 4.08. The average molecular weight is 399 g/mol. The van der Waals surface area contributed by atoms with E-state index in [1.807, 2.05) is 24.3 Å². The number of aromatic nitrogens is 2. The van der Waals surface area contributed by atoms with E-state index in [4.69, 9.17) is 11.6 Å². The zero-order valence-electron chi connectivity index (χ0n) is 15.9. The summed E-state index contributed by atoms with van der Waals surface area (Å²) in [6.07, 6.45) is 2.93. The maximum absolute atomic E-state index is 12.7. The summed E-state index contributed by atoms with van der Waals surface area (Å²) in [7, 11) is 0. The Morgan fingerprint density at radius 3 is 2.61 bits per heavy atom. The van der Waals surface area contributed by atoms with Crippen molar-refractivity contribution in [1.82, 2.24) is 19.6 Å². The summed E-state index contributed by atoms with van der Waals surface area (Å²) in [5.74, 6) is -0.444. The van der Waals surface area contributed by atoms with Crippen LogP contribution in [0.2, 0.25) is 5.02 Å². The predicted molar refractivity (Wildman–Crippen MR) is 111 cm³/mol. The first-order valence-electron chi connectivity index (χ1n) is 9.29. The Morgan fingerprint density at radius 2 is 1.89 bits per heavy atom. The standard InChI is InChI=1S/C21H23ClN4O2/c1-3-25(4-2)18(15-9-5-6-10-17(15)22)14-24-20(27)16-13-23-19-11-7-8-12-26(19)21(16)28/h5-13,18H,3-4,14H2,1-2H3,(H,24,27)/t18-/m0/s1. The van der Waals surface area contributed by atoms with Gasteiger partial charge in [0.2, 0.25) is 0 Å². The van der Waals surface area contributed by atoms with E-state index in [1.165, 1.54) is 10.6 Å². The highest BCUT2D eigenvalue weighted by Gasteiger charge is 2.22. The molecule has 28 heavy (non-hydrogen) atoms. The summed E-state index contributed by atoms with van der Waals surface area (Å²) in [6, 6.07) is 12.8. The van der Waals surface area contributed by atoms with Crippen molar-refractivity contribution in [3.05, 3.63) is 81.4 Å². The van der Waals surface area contributed by atoms with E-state index >= 15 is 0 Å². The molecule has 0 unspecified atom stereocenters. The fourth-order valence-electron chi connectivity index (χ4n) is 3.31. The first-order valence-corrected chi connectivity index (χ1v) is 9.67. The Bertz CT molecular complexity index is 1030. The highest BCUT2D eigenvalue weighted by atomic mass is 35.5. The van der Waals surface area contributed by atoms with Crippen molar-refractivity contribution in [2.24, 2.45) is 0 Å². The molecule has 0 aliphatic heterocycles. The number of hydrogen-bond donors (Lipinski definition) is 1. The van der Waals surface area contributed by atoms with Crippen molar-refractivity contribution in [2.45, 2.75) is 19.9 Å². The Balaban J connectivity index is 1.85. The summed E-state index contributed by atoms with van der Waals surface area (Å²) in [5.41, 5.74) is 1.07. The summed E-state index contributed by atoms with van der Waals surface area (Å²) in [4.78, 5) is 31.7. The maximum Gasteiger partial charge on any atom is 0.270 e. The Hall–Kier alpha value is -2.70. The molecule has 2 heterocycles. The van der Waals surface area contributed by atoms with Crippen LogP contribution in [0.5, 0.6) is 0 Å². The van der Waals surface area contributed by atoms with Crippen molar-refractivity contribution < 1.29 is 4.79 Å². The van der Waals surface area contributed by atoms with Crippen molar-refractivity contribution >= 4 is 23.2 Å². The first kappa shape index (κ1) is 20.0. The minimum absolute atomic E-state index is 0.0150. The lowest BCUT2D eigenvalue weighted by molar-refractivity contribution is 0.0933. The largest absolute Gasteiger partial charge is 0.350 e. The molecule has 6 nitrogen and oxygen atoms in total. The lowest BCUT2D eigenvalue weighted by atomic mass is 10.0. The van der Waals surface area contributed by atoms with Crippen LogP contribution in [0.3, 0.4) is 0 Å². The molecule has 146 valence electrons. The normalized spacial score (nSPS) is 12.3. The highest BCUT2D eigenvalue weighted by molar-refractivity contribution is 6.31. The van der Waals surface area contributed by atoms with Crippen LogP contribution in [0, 0.1) is 0 Å². The summed E-state index contributed by atoms with van der Waals surface area (Å²) < 4.78 is 1.37. The van der Waals surface area contributed by atoms with Crippen LogP contribution >= 0.6 is 11.6 Å². The van der Waals surface area contributed by atoms with Gasteiger partial charge in [0.25, 0.3) is 11.5 Å². The Morgan fingerprint density at radius 1 is 1.18 bits per heavy atom. The molecule has 0 spiro atoms. The number of carbonyl (C=O) groups is 1. The highest BCUT2D eigenvalue weighted by Crippen LogP contribution is 2.27. The van der Waals surface area contributed by atoms with E-state index in [0.717, 1.165) is 18.7 Å². The molecule has 0 saturated carbocycles. The van der Waals surface area contributed by atoms with Crippen LogP contribution in [-0.2, 0) is 0 Å². The van der Waals surface area contributed by atoms with E-state index in [2.05, 4.69) is 29.0 Å². The molecule has 0 aliphatic rings. The monoisotopic (exact) mass is 398 g/mol. The number of nitrogens with zero attached hydrogens (tertiary/aromatic N) is 3. The van der Waals surface area contributed by atoms with Crippen LogP contribution in [0.25, 0.3) is 5.65 Å². The van der Waals surface area contributed by atoms with Gasteiger partial charge >= 0.3 is 0 Å². The van der Waals surface area contributed by atoms with Gasteiger partial charge in [-0.15, -0.1) is 0 Å². The zero-order valence-corrected chi connectivity index (χ0v) is 16.7. The molecule has 3 aromatic rings. The van der Waals surface area contributed by atoms with E-state index in [9.17, 15) is 9.59 Å². The molecule has 1 atom stereocenters. The zero-order chi connectivity index (χ0) is 20.1. The van der Waals surface area contributed by atoms with Gasteiger partial charge < -0.3 is 5.32 Å². The minimum Gasteiger partial charge on any atom is -0.350 e. The molecule has 0 saturated heterocycles. The topological polar surface area (TPSA) is 66.7 Å². The SMILES string of the molecule is CCN(CC)[C@@H](CNC(=O)c1cnc2ccccn2c1=O)c1ccccc1Cl. The average Bonchev–Trinajstić information content (AvgIpc) is 2.72. The van der Waals surface area contributed by atoms with Crippen molar-refractivity contribution in [1.29, 1.82) is 0 Å². The molecule has 2 aromatic heterocycles. The summed E-state index contributed by atoms with van der Waals surface area (Å²) in [5, 5.41) is 3.54. The van der Waals surface area contributed by atoms with Gasteiger partial charge in [-0.1, -0.05) is 49.7 Å². The number of likely N-dealkylation sites (N-methyl/N-ethyl adjacent to an activating group) is 1. The summed E-state index contributed by atoms with van der Waals surface area (Å²) in [6.45, 7) is 6.08. The van der Waals surface area contributed by atoms with Gasteiger partial charge in [-0.2, -0.15) is 0 Å². The van der Waals surface area contributed by atoms with E-state index in [1.54, 1.807) is 24.4 Å². The third-order valence-corrected chi connectivity index (χ3v) is 5.18. The second kappa shape index (κ2) is 8.99. The van der Waals surface area contributed by atoms with Crippen molar-refractivity contribution in [3.63, 3.8) is 0 Å². The Labute approximate surface area is 168 Å². The quantitative estimate of drug-likeness (QED) is 0.663. The molecule has 0 aliphatic carbocycles. The molecule has 1 N–H and O–H groups in total. The van der Waals surface area contributed by atoms with E-state index < -0.39 is 5.91 Å². The van der Waals surface area contributed by atoms with Crippen molar-refractivity contribution in [2.75, 3.05) is 19.6 Å². The molecule has 0 bridgehead atoms. The molecule has 1 aromatic carbocycles. The molecule has 7 heteroatoms. The fraction of sp³-hybridized carbons (Fsp3) is 0.286. The van der Waals surface area contributed by atoms with Gasteiger partial charge in [0.05, 0.1) is 6.04 Å². The second-order valence-corrected chi connectivity index (χ2v) is 6.78. The number of carbonyl (C=O) groups excluding carboxylic acids is 1. The third-order valence-electron chi connectivity index (χ3n) is 4.83. The molecule has 0 radical (unpaired) electrons. The second-order valence-electron chi connectivity index (χ2n) is 6.37. The number of amides is 1. The number of pyridine rings is 1. The fourth-order valence-corrected chi connectivity index (χ4v) is 3.57. The number of hydrogen-bond acceptors (Lipinski definition) is 4. The number of halogens is 1.